The van der Waals surface area contributed by atoms with Crippen molar-refractivity contribution in [3.8, 4) is 5.75 Å². The minimum absolute atomic E-state index is 0.0843. The number of carbonyl (C=O) groups is 2. The molecule has 0 atom stereocenters. The zero-order valence-corrected chi connectivity index (χ0v) is 16.2. The van der Waals surface area contributed by atoms with Crippen molar-refractivity contribution in [3.05, 3.63) is 65.7 Å². The van der Waals surface area contributed by atoms with Gasteiger partial charge in [-0.3, -0.25) is 14.9 Å². The van der Waals surface area contributed by atoms with Gasteiger partial charge in [-0.05, 0) is 48.6 Å². The highest BCUT2D eigenvalue weighted by Gasteiger charge is 2.08. The van der Waals surface area contributed by atoms with Crippen LogP contribution in [0.4, 0.5) is 5.69 Å². The minimum atomic E-state index is -0.363. The standard InChI is InChI=1S/C20H21N3O3S/c1-23(2)19(25)15-8-11-16(12-9-15)21-20(27)22-18(24)13-10-14-6-4-5-7-17(14)26-3/h4-13H,1-3H3,(H2,21,22,24,27)/b13-10+. The molecule has 0 aliphatic rings. The Morgan fingerprint density at radius 3 is 2.37 bits per heavy atom. The fraction of sp³-hybridized carbons (Fsp3) is 0.150. The predicted molar refractivity (Wildman–Crippen MR) is 111 cm³/mol. The molecule has 0 bridgehead atoms. The van der Waals surface area contributed by atoms with E-state index in [2.05, 4.69) is 10.6 Å². The van der Waals surface area contributed by atoms with Crippen LogP contribution in [0, 0.1) is 0 Å². The molecule has 0 radical (unpaired) electrons. The van der Waals surface area contributed by atoms with Crippen molar-refractivity contribution in [2.75, 3.05) is 26.5 Å². The first-order chi connectivity index (χ1) is 12.9. The number of anilines is 1. The topological polar surface area (TPSA) is 70.7 Å². The van der Waals surface area contributed by atoms with Gasteiger partial charge in [0.2, 0.25) is 5.91 Å². The van der Waals surface area contributed by atoms with Crippen molar-refractivity contribution in [1.29, 1.82) is 0 Å². The van der Waals surface area contributed by atoms with E-state index in [9.17, 15) is 9.59 Å². The molecule has 27 heavy (non-hydrogen) atoms. The first-order valence-corrected chi connectivity index (χ1v) is 8.56. The lowest BCUT2D eigenvalue weighted by Gasteiger charge is -2.11. The maximum Gasteiger partial charge on any atom is 0.253 e. The van der Waals surface area contributed by atoms with Crippen LogP contribution < -0.4 is 15.4 Å². The number of benzene rings is 2. The number of amides is 2. The number of nitrogens with zero attached hydrogens (tertiary/aromatic N) is 1. The Kier molecular flexibility index (Phi) is 7.08. The second-order valence-electron chi connectivity index (χ2n) is 5.80. The molecule has 2 N–H and O–H groups in total. The summed E-state index contributed by atoms with van der Waals surface area (Å²) in [6.07, 6.45) is 3.03. The van der Waals surface area contributed by atoms with Gasteiger partial charge >= 0.3 is 0 Å². The van der Waals surface area contributed by atoms with Crippen molar-refractivity contribution >= 4 is 40.9 Å². The van der Waals surface area contributed by atoms with Crippen LogP contribution in [0.3, 0.4) is 0 Å². The Balaban J connectivity index is 1.92. The molecule has 0 aliphatic carbocycles. The third kappa shape index (κ3) is 5.93. The molecule has 0 fully saturated rings. The van der Waals surface area contributed by atoms with Crippen LogP contribution in [-0.4, -0.2) is 43.0 Å². The molecule has 6 nitrogen and oxygen atoms in total. The zero-order valence-electron chi connectivity index (χ0n) is 15.4. The third-order valence-electron chi connectivity index (χ3n) is 3.59. The third-order valence-corrected chi connectivity index (χ3v) is 3.79. The number of hydrogen-bond acceptors (Lipinski definition) is 4. The highest BCUT2D eigenvalue weighted by atomic mass is 32.1. The summed E-state index contributed by atoms with van der Waals surface area (Å²) in [6.45, 7) is 0. The lowest BCUT2D eigenvalue weighted by Crippen LogP contribution is -2.32. The van der Waals surface area contributed by atoms with Crippen LogP contribution in [0.2, 0.25) is 0 Å². The summed E-state index contributed by atoms with van der Waals surface area (Å²) < 4.78 is 5.23. The summed E-state index contributed by atoms with van der Waals surface area (Å²) in [5, 5.41) is 5.64. The molecule has 0 spiro atoms. The smallest absolute Gasteiger partial charge is 0.253 e. The predicted octanol–water partition coefficient (Wildman–Crippen LogP) is 2.92. The van der Waals surface area contributed by atoms with Crippen LogP contribution in [-0.2, 0) is 4.79 Å². The molecule has 0 saturated heterocycles. The van der Waals surface area contributed by atoms with Crippen molar-refractivity contribution < 1.29 is 14.3 Å². The van der Waals surface area contributed by atoms with Crippen LogP contribution in [0.5, 0.6) is 5.75 Å². The van der Waals surface area contributed by atoms with Gasteiger partial charge in [0.25, 0.3) is 5.91 Å². The van der Waals surface area contributed by atoms with Crippen LogP contribution in [0.15, 0.2) is 54.6 Å². The fourth-order valence-electron chi connectivity index (χ4n) is 2.24. The summed E-state index contributed by atoms with van der Waals surface area (Å²) in [6, 6.07) is 14.2. The minimum Gasteiger partial charge on any atom is -0.496 e. The van der Waals surface area contributed by atoms with E-state index in [0.717, 1.165) is 5.56 Å². The quantitative estimate of drug-likeness (QED) is 0.614. The van der Waals surface area contributed by atoms with E-state index in [0.29, 0.717) is 17.0 Å². The molecule has 2 rings (SSSR count). The number of thiocarbonyl (C=S) groups is 1. The van der Waals surface area contributed by atoms with Gasteiger partial charge in [0.05, 0.1) is 7.11 Å². The highest BCUT2D eigenvalue weighted by Crippen LogP contribution is 2.18. The summed E-state index contributed by atoms with van der Waals surface area (Å²) in [4.78, 5) is 25.4. The number of ether oxygens (including phenoxy) is 1. The maximum absolute atomic E-state index is 12.0. The van der Waals surface area contributed by atoms with E-state index < -0.39 is 0 Å². The van der Waals surface area contributed by atoms with Crippen molar-refractivity contribution in [3.63, 3.8) is 0 Å². The zero-order chi connectivity index (χ0) is 19.8. The van der Waals surface area contributed by atoms with Gasteiger partial charge in [-0.2, -0.15) is 0 Å². The van der Waals surface area contributed by atoms with E-state index in [-0.39, 0.29) is 16.9 Å². The SMILES string of the molecule is COc1ccccc1/C=C/C(=O)NC(=S)Nc1ccc(C(=O)N(C)C)cc1. The fourth-order valence-corrected chi connectivity index (χ4v) is 2.46. The molecule has 2 amide bonds. The number of rotatable bonds is 5. The van der Waals surface area contributed by atoms with Crippen LogP contribution in [0.1, 0.15) is 15.9 Å². The van der Waals surface area contributed by atoms with Gasteiger partial charge in [-0.15, -0.1) is 0 Å². The number of para-hydroxylation sites is 1. The van der Waals surface area contributed by atoms with Crippen LogP contribution in [0.25, 0.3) is 6.08 Å². The number of hydrogen-bond donors (Lipinski definition) is 2. The summed E-state index contributed by atoms with van der Waals surface area (Å²) in [5.74, 6) is 0.228. The first-order valence-electron chi connectivity index (χ1n) is 8.15. The Hall–Kier alpha value is -3.19. The molecule has 7 heteroatoms. The first kappa shape index (κ1) is 20.1. The van der Waals surface area contributed by atoms with Crippen molar-refractivity contribution in [2.24, 2.45) is 0 Å². The van der Waals surface area contributed by atoms with Gasteiger partial charge in [-0.1, -0.05) is 18.2 Å². The molecule has 2 aromatic rings. The molecule has 0 heterocycles. The molecule has 2 aromatic carbocycles. The summed E-state index contributed by atoms with van der Waals surface area (Å²) in [7, 11) is 4.96. The van der Waals surface area contributed by atoms with E-state index in [1.54, 1.807) is 51.5 Å². The largest absolute Gasteiger partial charge is 0.496 e. The highest BCUT2D eigenvalue weighted by molar-refractivity contribution is 7.80. The van der Waals surface area contributed by atoms with Gasteiger partial charge in [0.1, 0.15) is 5.75 Å². The average molecular weight is 383 g/mol. The van der Waals surface area contributed by atoms with Crippen molar-refractivity contribution in [2.45, 2.75) is 0 Å². The number of nitrogens with one attached hydrogen (secondary N) is 2. The van der Waals surface area contributed by atoms with Crippen molar-refractivity contribution in [1.82, 2.24) is 10.2 Å². The lowest BCUT2D eigenvalue weighted by atomic mass is 10.2. The number of carbonyl (C=O) groups excluding carboxylic acids is 2. The maximum atomic E-state index is 12.0. The van der Waals surface area contributed by atoms with Gasteiger partial charge in [0.15, 0.2) is 5.11 Å². The molecule has 0 saturated carbocycles. The van der Waals surface area contributed by atoms with E-state index in [1.807, 2.05) is 24.3 Å². The summed E-state index contributed by atoms with van der Waals surface area (Å²) >= 11 is 5.14. The molecule has 0 unspecified atom stereocenters. The second-order valence-corrected chi connectivity index (χ2v) is 6.20. The summed E-state index contributed by atoms with van der Waals surface area (Å²) in [5.41, 5.74) is 2.03. The Labute approximate surface area is 163 Å². The van der Waals surface area contributed by atoms with E-state index >= 15 is 0 Å². The lowest BCUT2D eigenvalue weighted by molar-refractivity contribution is -0.115. The van der Waals surface area contributed by atoms with E-state index in [1.165, 1.54) is 11.0 Å². The Bertz CT molecular complexity index is 861. The molecule has 0 aliphatic heterocycles. The normalized spacial score (nSPS) is 10.3. The Morgan fingerprint density at radius 1 is 1.07 bits per heavy atom. The molecular formula is C20H21N3O3S. The Morgan fingerprint density at radius 2 is 1.74 bits per heavy atom. The number of methoxy groups -OCH3 is 1. The molecular weight excluding hydrogens is 362 g/mol. The molecule has 0 aromatic heterocycles. The van der Waals surface area contributed by atoms with Gasteiger partial charge < -0.3 is 15.0 Å². The van der Waals surface area contributed by atoms with Gasteiger partial charge in [-0.25, -0.2) is 0 Å². The monoisotopic (exact) mass is 383 g/mol. The van der Waals surface area contributed by atoms with Gasteiger partial charge in [0, 0.05) is 37.0 Å². The second kappa shape index (κ2) is 9.49. The van der Waals surface area contributed by atoms with Crippen LogP contribution >= 0.6 is 12.2 Å². The molecule has 140 valence electrons. The average Bonchev–Trinajstić information content (AvgIpc) is 2.66. The van der Waals surface area contributed by atoms with E-state index in [4.69, 9.17) is 17.0 Å².